The predicted octanol–water partition coefficient (Wildman–Crippen LogP) is 2.42. The van der Waals surface area contributed by atoms with Crippen molar-refractivity contribution in [3.63, 3.8) is 0 Å². The number of pyridine rings is 1. The van der Waals surface area contributed by atoms with Gasteiger partial charge in [0.2, 0.25) is 0 Å². The van der Waals surface area contributed by atoms with Crippen molar-refractivity contribution < 1.29 is 14.3 Å². The summed E-state index contributed by atoms with van der Waals surface area (Å²) in [5, 5.41) is 0. The number of rotatable bonds is 5. The second kappa shape index (κ2) is 6.54. The molecule has 19 heavy (non-hydrogen) atoms. The molecule has 0 saturated heterocycles. The summed E-state index contributed by atoms with van der Waals surface area (Å²) in [6.07, 6.45) is 3.28. The molecule has 0 aliphatic heterocycles. The molecule has 2 aromatic rings. The Kier molecular flexibility index (Phi) is 4.50. The minimum absolute atomic E-state index is 0.225. The molecule has 0 fully saturated rings. The van der Waals surface area contributed by atoms with Crippen LogP contribution in [-0.2, 0) is 9.53 Å². The lowest BCUT2D eigenvalue weighted by Crippen LogP contribution is -2.21. The lowest BCUT2D eigenvalue weighted by atomic mass is 10.0. The second-order valence-electron chi connectivity index (χ2n) is 3.99. The molecule has 1 atom stereocenters. The van der Waals surface area contributed by atoms with Crippen molar-refractivity contribution in [1.82, 2.24) is 4.98 Å². The van der Waals surface area contributed by atoms with E-state index in [1.807, 2.05) is 30.3 Å². The van der Waals surface area contributed by atoms with Crippen LogP contribution in [0.2, 0.25) is 0 Å². The van der Waals surface area contributed by atoms with Gasteiger partial charge in [-0.05, 0) is 17.7 Å². The highest BCUT2D eigenvalue weighted by atomic mass is 16.5. The third-order valence-corrected chi connectivity index (χ3v) is 2.74. The summed E-state index contributed by atoms with van der Waals surface area (Å²) in [7, 11) is 1.38. The van der Waals surface area contributed by atoms with Gasteiger partial charge in [0.15, 0.2) is 0 Å². The topological polar surface area (TPSA) is 48.4 Å². The van der Waals surface area contributed by atoms with E-state index < -0.39 is 5.92 Å². The Hall–Kier alpha value is -2.36. The third kappa shape index (κ3) is 3.55. The van der Waals surface area contributed by atoms with Crippen LogP contribution in [0.5, 0.6) is 5.75 Å². The average molecular weight is 257 g/mol. The van der Waals surface area contributed by atoms with Crippen molar-refractivity contribution >= 4 is 5.97 Å². The van der Waals surface area contributed by atoms with E-state index in [9.17, 15) is 4.79 Å². The highest BCUT2D eigenvalue weighted by Crippen LogP contribution is 2.19. The van der Waals surface area contributed by atoms with E-state index in [0.717, 1.165) is 5.56 Å². The summed E-state index contributed by atoms with van der Waals surface area (Å²) >= 11 is 0. The first-order chi connectivity index (χ1) is 9.31. The van der Waals surface area contributed by atoms with Crippen LogP contribution >= 0.6 is 0 Å². The van der Waals surface area contributed by atoms with Crippen LogP contribution in [0, 0.1) is 0 Å². The maximum atomic E-state index is 11.8. The fourth-order valence-electron chi connectivity index (χ4n) is 1.74. The van der Waals surface area contributed by atoms with Crippen LogP contribution in [0.4, 0.5) is 0 Å². The van der Waals surface area contributed by atoms with Crippen molar-refractivity contribution in [2.75, 3.05) is 13.7 Å². The predicted molar refractivity (Wildman–Crippen MR) is 70.9 cm³/mol. The Morgan fingerprint density at radius 2 is 2.00 bits per heavy atom. The Morgan fingerprint density at radius 3 is 2.63 bits per heavy atom. The zero-order valence-corrected chi connectivity index (χ0v) is 10.7. The summed E-state index contributed by atoms with van der Waals surface area (Å²) in [6, 6.07) is 13.0. The van der Waals surface area contributed by atoms with Crippen molar-refractivity contribution in [2.24, 2.45) is 0 Å². The van der Waals surface area contributed by atoms with Gasteiger partial charge in [0.05, 0.1) is 13.3 Å². The SMILES string of the molecule is COC(=O)C(COc1cccnc1)c1ccccc1. The van der Waals surface area contributed by atoms with E-state index in [1.165, 1.54) is 7.11 Å². The van der Waals surface area contributed by atoms with Gasteiger partial charge in [-0.1, -0.05) is 30.3 Å². The van der Waals surface area contributed by atoms with Crippen LogP contribution < -0.4 is 4.74 Å². The molecule has 1 heterocycles. The molecule has 0 bridgehead atoms. The van der Waals surface area contributed by atoms with Gasteiger partial charge < -0.3 is 9.47 Å². The van der Waals surface area contributed by atoms with Crippen molar-refractivity contribution in [3.05, 3.63) is 60.4 Å². The molecule has 4 nitrogen and oxygen atoms in total. The van der Waals surface area contributed by atoms with Gasteiger partial charge in [0.1, 0.15) is 18.3 Å². The van der Waals surface area contributed by atoms with Gasteiger partial charge in [-0.25, -0.2) is 0 Å². The normalized spacial score (nSPS) is 11.6. The van der Waals surface area contributed by atoms with Crippen LogP contribution in [-0.4, -0.2) is 24.7 Å². The van der Waals surface area contributed by atoms with Gasteiger partial charge in [-0.2, -0.15) is 0 Å². The first-order valence-corrected chi connectivity index (χ1v) is 5.97. The zero-order valence-electron chi connectivity index (χ0n) is 10.7. The molecule has 0 radical (unpaired) electrons. The molecule has 1 aromatic heterocycles. The lowest BCUT2D eigenvalue weighted by molar-refractivity contribution is -0.143. The Morgan fingerprint density at radius 1 is 1.21 bits per heavy atom. The first-order valence-electron chi connectivity index (χ1n) is 5.97. The molecule has 4 heteroatoms. The molecular formula is C15H15NO3. The summed E-state index contributed by atoms with van der Waals surface area (Å²) in [5.41, 5.74) is 0.873. The lowest BCUT2D eigenvalue weighted by Gasteiger charge is -2.15. The molecule has 2 rings (SSSR count). The van der Waals surface area contributed by atoms with Gasteiger partial charge in [0.25, 0.3) is 0 Å². The average Bonchev–Trinajstić information content (AvgIpc) is 2.49. The van der Waals surface area contributed by atoms with Gasteiger partial charge in [-0.3, -0.25) is 9.78 Å². The van der Waals surface area contributed by atoms with Crippen LogP contribution in [0.15, 0.2) is 54.9 Å². The van der Waals surface area contributed by atoms with Crippen LogP contribution in [0.25, 0.3) is 0 Å². The maximum absolute atomic E-state index is 11.8. The first kappa shape index (κ1) is 13.1. The van der Waals surface area contributed by atoms with E-state index in [0.29, 0.717) is 5.75 Å². The number of carbonyl (C=O) groups excluding carboxylic acids is 1. The largest absolute Gasteiger partial charge is 0.491 e. The quantitative estimate of drug-likeness (QED) is 0.772. The van der Waals surface area contributed by atoms with E-state index in [-0.39, 0.29) is 12.6 Å². The Bertz CT molecular complexity index is 513. The fourth-order valence-corrected chi connectivity index (χ4v) is 1.74. The molecule has 0 amide bonds. The Labute approximate surface area is 112 Å². The Balaban J connectivity index is 2.09. The summed E-state index contributed by atoms with van der Waals surface area (Å²) in [6.45, 7) is 0.225. The van der Waals surface area contributed by atoms with E-state index in [1.54, 1.807) is 24.5 Å². The minimum atomic E-state index is -0.439. The molecule has 0 N–H and O–H groups in total. The highest BCUT2D eigenvalue weighted by molar-refractivity contribution is 5.78. The number of benzene rings is 1. The zero-order chi connectivity index (χ0) is 13.5. The van der Waals surface area contributed by atoms with Crippen molar-refractivity contribution in [2.45, 2.75) is 5.92 Å². The summed E-state index contributed by atoms with van der Waals surface area (Å²) in [4.78, 5) is 15.8. The second-order valence-corrected chi connectivity index (χ2v) is 3.99. The minimum Gasteiger partial charge on any atom is -0.491 e. The van der Waals surface area contributed by atoms with Gasteiger partial charge in [0, 0.05) is 6.20 Å². The summed E-state index contributed by atoms with van der Waals surface area (Å²) < 4.78 is 10.4. The summed E-state index contributed by atoms with van der Waals surface area (Å²) in [5.74, 6) is -0.117. The van der Waals surface area contributed by atoms with Crippen LogP contribution in [0.1, 0.15) is 11.5 Å². The monoisotopic (exact) mass is 257 g/mol. The molecule has 0 saturated carbocycles. The molecule has 0 spiro atoms. The number of esters is 1. The fraction of sp³-hybridized carbons (Fsp3) is 0.200. The van der Waals surface area contributed by atoms with E-state index in [4.69, 9.17) is 9.47 Å². The van der Waals surface area contributed by atoms with Crippen LogP contribution in [0.3, 0.4) is 0 Å². The third-order valence-electron chi connectivity index (χ3n) is 2.74. The number of hydrogen-bond donors (Lipinski definition) is 0. The standard InChI is InChI=1S/C15H15NO3/c1-18-15(17)14(12-6-3-2-4-7-12)11-19-13-8-5-9-16-10-13/h2-10,14H,11H2,1H3. The number of hydrogen-bond acceptors (Lipinski definition) is 4. The number of carbonyl (C=O) groups is 1. The number of nitrogens with zero attached hydrogens (tertiary/aromatic N) is 1. The smallest absolute Gasteiger partial charge is 0.316 e. The molecule has 1 aromatic carbocycles. The highest BCUT2D eigenvalue weighted by Gasteiger charge is 2.22. The molecule has 98 valence electrons. The maximum Gasteiger partial charge on any atom is 0.316 e. The number of methoxy groups -OCH3 is 1. The van der Waals surface area contributed by atoms with Crippen molar-refractivity contribution in [1.29, 1.82) is 0 Å². The number of ether oxygens (including phenoxy) is 2. The van der Waals surface area contributed by atoms with E-state index in [2.05, 4.69) is 4.98 Å². The molecular weight excluding hydrogens is 242 g/mol. The van der Waals surface area contributed by atoms with Gasteiger partial charge in [-0.15, -0.1) is 0 Å². The molecule has 0 aliphatic rings. The molecule has 0 aliphatic carbocycles. The van der Waals surface area contributed by atoms with Gasteiger partial charge >= 0.3 is 5.97 Å². The molecule has 1 unspecified atom stereocenters. The van der Waals surface area contributed by atoms with Crippen molar-refractivity contribution in [3.8, 4) is 5.75 Å². The van der Waals surface area contributed by atoms with E-state index >= 15 is 0 Å². The number of aromatic nitrogens is 1.